The van der Waals surface area contributed by atoms with Crippen molar-refractivity contribution in [2.24, 2.45) is 0 Å². The molecule has 0 aliphatic rings. The molecule has 2 aromatic rings. The number of benzene rings is 1. The quantitative estimate of drug-likeness (QED) is 0.499. The molecule has 8 heteroatoms. The molecule has 0 saturated carbocycles. The van der Waals surface area contributed by atoms with E-state index < -0.39 is 4.92 Å². The van der Waals surface area contributed by atoms with E-state index in [2.05, 4.69) is 15.6 Å². The van der Waals surface area contributed by atoms with Gasteiger partial charge in [0.25, 0.3) is 11.6 Å². The third-order valence-electron chi connectivity index (χ3n) is 3.21. The Morgan fingerprint density at radius 2 is 2.23 bits per heavy atom. The smallest absolute Gasteiger partial charge is 0.273 e. The number of non-ortho nitro benzene ring substituents is 1. The lowest BCUT2D eigenvalue weighted by molar-refractivity contribution is -0.384. The van der Waals surface area contributed by atoms with Gasteiger partial charge in [-0.3, -0.25) is 14.9 Å². The molecule has 0 aliphatic heterocycles. The van der Waals surface area contributed by atoms with Crippen molar-refractivity contribution < 1.29 is 9.72 Å². The normalized spacial score (nSPS) is 10.5. The summed E-state index contributed by atoms with van der Waals surface area (Å²) >= 11 is 0. The van der Waals surface area contributed by atoms with E-state index in [1.807, 2.05) is 6.92 Å². The van der Waals surface area contributed by atoms with Crippen molar-refractivity contribution in [3.8, 4) is 5.69 Å². The van der Waals surface area contributed by atoms with E-state index in [-0.39, 0.29) is 17.3 Å². The number of nitro benzene ring substituents is 1. The van der Waals surface area contributed by atoms with Crippen LogP contribution in [0.2, 0.25) is 0 Å². The molecule has 1 heterocycles. The van der Waals surface area contributed by atoms with Crippen molar-refractivity contribution in [3.63, 3.8) is 0 Å². The number of rotatable bonds is 6. The number of nitrogens with zero attached hydrogens (tertiary/aromatic N) is 4. The van der Waals surface area contributed by atoms with Crippen LogP contribution in [0.3, 0.4) is 0 Å². The summed E-state index contributed by atoms with van der Waals surface area (Å²) in [5.74, 6) is -0.289. The first-order valence-electron chi connectivity index (χ1n) is 7.00. The first kappa shape index (κ1) is 15.6. The first-order chi connectivity index (χ1) is 10.5. The van der Waals surface area contributed by atoms with Gasteiger partial charge in [0.15, 0.2) is 5.69 Å². The number of hydrogen-bond acceptors (Lipinski definition) is 5. The molecule has 0 aliphatic carbocycles. The van der Waals surface area contributed by atoms with E-state index in [1.165, 1.54) is 16.8 Å². The fourth-order valence-corrected chi connectivity index (χ4v) is 1.98. The third kappa shape index (κ3) is 3.27. The number of amides is 1. The molecular formula is C14H17N5O3. The highest BCUT2D eigenvalue weighted by Crippen LogP contribution is 2.18. The van der Waals surface area contributed by atoms with Gasteiger partial charge in [-0.05, 0) is 19.4 Å². The van der Waals surface area contributed by atoms with Crippen LogP contribution in [0.15, 0.2) is 24.3 Å². The average Bonchev–Trinajstić information content (AvgIpc) is 2.89. The van der Waals surface area contributed by atoms with Crippen LogP contribution in [-0.2, 0) is 0 Å². The molecular weight excluding hydrogens is 286 g/mol. The second-order valence-corrected chi connectivity index (χ2v) is 4.82. The summed E-state index contributed by atoms with van der Waals surface area (Å²) in [4.78, 5) is 22.4. The van der Waals surface area contributed by atoms with Gasteiger partial charge in [0.2, 0.25) is 0 Å². The lowest BCUT2D eigenvalue weighted by Gasteiger charge is -2.04. The van der Waals surface area contributed by atoms with Crippen LogP contribution in [0.25, 0.3) is 5.69 Å². The summed E-state index contributed by atoms with van der Waals surface area (Å²) in [5.41, 5.74) is 1.21. The lowest BCUT2D eigenvalue weighted by Crippen LogP contribution is -2.25. The molecule has 0 fully saturated rings. The molecule has 1 amide bonds. The standard InChI is InChI=1S/C14H17N5O3/c1-3-4-8-15-14(20)13-10(2)18(17-16-13)11-6-5-7-12(9-11)19(21)22/h5-7,9H,3-4,8H2,1-2H3,(H,15,20). The fourth-order valence-electron chi connectivity index (χ4n) is 1.98. The van der Waals surface area contributed by atoms with Gasteiger partial charge < -0.3 is 5.32 Å². The molecule has 8 nitrogen and oxygen atoms in total. The van der Waals surface area contributed by atoms with Crippen molar-refractivity contribution in [1.82, 2.24) is 20.3 Å². The zero-order valence-electron chi connectivity index (χ0n) is 12.4. The summed E-state index contributed by atoms with van der Waals surface area (Å²) < 4.78 is 1.42. The van der Waals surface area contributed by atoms with Gasteiger partial charge >= 0.3 is 0 Å². The predicted octanol–water partition coefficient (Wildman–Crippen LogP) is 2.01. The summed E-state index contributed by atoms with van der Waals surface area (Å²) in [5, 5.41) is 21.4. The van der Waals surface area contributed by atoms with Crippen molar-refractivity contribution in [3.05, 3.63) is 45.8 Å². The average molecular weight is 303 g/mol. The molecule has 1 N–H and O–H groups in total. The Morgan fingerprint density at radius 1 is 1.45 bits per heavy atom. The number of carbonyl (C=O) groups excluding carboxylic acids is 1. The maximum Gasteiger partial charge on any atom is 0.273 e. The van der Waals surface area contributed by atoms with Crippen LogP contribution >= 0.6 is 0 Å². The van der Waals surface area contributed by atoms with Crippen LogP contribution in [-0.4, -0.2) is 32.4 Å². The molecule has 1 aromatic carbocycles. The number of hydrogen-bond donors (Lipinski definition) is 1. The first-order valence-corrected chi connectivity index (χ1v) is 7.00. The summed E-state index contributed by atoms with van der Waals surface area (Å²) in [6, 6.07) is 6.03. The minimum atomic E-state index is -0.478. The SMILES string of the molecule is CCCCNC(=O)c1nnn(-c2cccc([N+](=O)[O-])c2)c1C. The second-order valence-electron chi connectivity index (χ2n) is 4.82. The van der Waals surface area contributed by atoms with Gasteiger partial charge in [0, 0.05) is 18.7 Å². The molecule has 1 aromatic heterocycles. The highest BCUT2D eigenvalue weighted by molar-refractivity contribution is 5.93. The van der Waals surface area contributed by atoms with Crippen LogP contribution < -0.4 is 5.32 Å². The Labute approximate surface area is 127 Å². The number of nitro groups is 1. The molecule has 2 rings (SSSR count). The van der Waals surface area contributed by atoms with E-state index in [0.717, 1.165) is 12.8 Å². The third-order valence-corrected chi connectivity index (χ3v) is 3.21. The topological polar surface area (TPSA) is 103 Å². The fraction of sp³-hybridized carbons (Fsp3) is 0.357. The largest absolute Gasteiger partial charge is 0.351 e. The van der Waals surface area contributed by atoms with E-state index >= 15 is 0 Å². The molecule has 0 atom stereocenters. The van der Waals surface area contributed by atoms with Crippen LogP contribution in [0.5, 0.6) is 0 Å². The highest BCUT2D eigenvalue weighted by atomic mass is 16.6. The Hall–Kier alpha value is -2.77. The van der Waals surface area contributed by atoms with Gasteiger partial charge in [0.05, 0.1) is 16.3 Å². The maximum absolute atomic E-state index is 12.0. The van der Waals surface area contributed by atoms with Crippen molar-refractivity contribution in [2.45, 2.75) is 26.7 Å². The van der Waals surface area contributed by atoms with Gasteiger partial charge in [-0.15, -0.1) is 5.10 Å². The molecule has 22 heavy (non-hydrogen) atoms. The van der Waals surface area contributed by atoms with E-state index in [0.29, 0.717) is 17.9 Å². The number of unbranched alkanes of at least 4 members (excludes halogenated alkanes) is 1. The minimum absolute atomic E-state index is 0.0404. The zero-order chi connectivity index (χ0) is 16.1. The Bertz CT molecular complexity index is 696. The molecule has 0 spiro atoms. The van der Waals surface area contributed by atoms with Crippen molar-refractivity contribution in [2.75, 3.05) is 6.54 Å². The van der Waals surface area contributed by atoms with Crippen molar-refractivity contribution in [1.29, 1.82) is 0 Å². The highest BCUT2D eigenvalue weighted by Gasteiger charge is 2.18. The van der Waals surface area contributed by atoms with Gasteiger partial charge in [-0.25, -0.2) is 4.68 Å². The summed E-state index contributed by atoms with van der Waals surface area (Å²) in [6.07, 6.45) is 1.88. The Morgan fingerprint density at radius 3 is 2.91 bits per heavy atom. The van der Waals surface area contributed by atoms with Crippen LogP contribution in [0, 0.1) is 17.0 Å². The van der Waals surface area contributed by atoms with Gasteiger partial charge in [-0.1, -0.05) is 24.6 Å². The second kappa shape index (κ2) is 6.79. The lowest BCUT2D eigenvalue weighted by atomic mass is 10.2. The Balaban J connectivity index is 2.25. The maximum atomic E-state index is 12.0. The monoisotopic (exact) mass is 303 g/mol. The van der Waals surface area contributed by atoms with Crippen LogP contribution in [0.1, 0.15) is 35.9 Å². The van der Waals surface area contributed by atoms with Crippen LogP contribution in [0.4, 0.5) is 5.69 Å². The Kier molecular flexibility index (Phi) is 4.82. The molecule has 116 valence electrons. The molecule has 0 bridgehead atoms. The molecule has 0 unspecified atom stereocenters. The molecule has 0 saturated heterocycles. The summed E-state index contributed by atoms with van der Waals surface area (Å²) in [7, 11) is 0. The van der Waals surface area contributed by atoms with E-state index in [1.54, 1.807) is 19.1 Å². The zero-order valence-corrected chi connectivity index (χ0v) is 12.4. The number of nitrogens with one attached hydrogen (secondary N) is 1. The van der Waals surface area contributed by atoms with E-state index in [9.17, 15) is 14.9 Å². The summed E-state index contributed by atoms with van der Waals surface area (Å²) in [6.45, 7) is 4.32. The van der Waals surface area contributed by atoms with Gasteiger partial charge in [0.1, 0.15) is 0 Å². The van der Waals surface area contributed by atoms with Crippen molar-refractivity contribution >= 4 is 11.6 Å². The van der Waals surface area contributed by atoms with Gasteiger partial charge in [-0.2, -0.15) is 0 Å². The predicted molar refractivity (Wildman–Crippen MR) is 80.0 cm³/mol. The number of aromatic nitrogens is 3. The minimum Gasteiger partial charge on any atom is -0.351 e. The number of carbonyl (C=O) groups is 1. The van der Waals surface area contributed by atoms with E-state index in [4.69, 9.17) is 0 Å². The molecule has 0 radical (unpaired) electrons.